The van der Waals surface area contributed by atoms with Crippen LogP contribution in [-0.4, -0.2) is 24.0 Å². The Morgan fingerprint density at radius 1 is 1.11 bits per heavy atom. The van der Waals surface area contributed by atoms with Crippen molar-refractivity contribution in [1.29, 1.82) is 0 Å². The van der Waals surface area contributed by atoms with Gasteiger partial charge in [0.1, 0.15) is 11.1 Å². The summed E-state index contributed by atoms with van der Waals surface area (Å²) in [6.07, 6.45) is 0. The van der Waals surface area contributed by atoms with Gasteiger partial charge >= 0.3 is 6.03 Å². The molecule has 2 aromatic carbocycles. The van der Waals surface area contributed by atoms with Crippen molar-refractivity contribution in [2.75, 3.05) is 7.05 Å². The van der Waals surface area contributed by atoms with Crippen molar-refractivity contribution >= 4 is 35.0 Å². The lowest BCUT2D eigenvalue weighted by Crippen LogP contribution is -2.39. The average molecular weight is 401 g/mol. The van der Waals surface area contributed by atoms with Crippen LogP contribution >= 0.6 is 23.1 Å². The van der Waals surface area contributed by atoms with Crippen LogP contribution in [0, 0.1) is 5.82 Å². The topological polar surface area (TPSA) is 71.1 Å². The number of carbonyl (C=O) groups is 2. The van der Waals surface area contributed by atoms with Gasteiger partial charge in [0, 0.05) is 18.0 Å². The zero-order chi connectivity index (χ0) is 19.2. The zero-order valence-corrected chi connectivity index (χ0v) is 15.9. The van der Waals surface area contributed by atoms with Crippen LogP contribution in [0.1, 0.15) is 10.8 Å². The third-order valence-corrected chi connectivity index (χ3v) is 5.87. The number of hydrogen-bond donors (Lipinski definition) is 2. The number of urea groups is 1. The van der Waals surface area contributed by atoms with Crippen molar-refractivity contribution < 1.29 is 14.0 Å². The van der Waals surface area contributed by atoms with Crippen LogP contribution in [-0.2, 0) is 4.79 Å². The summed E-state index contributed by atoms with van der Waals surface area (Å²) >= 11 is 2.65. The van der Waals surface area contributed by atoms with Crippen LogP contribution in [0.25, 0.3) is 11.3 Å². The lowest BCUT2D eigenvalue weighted by Gasteiger charge is -2.14. The average Bonchev–Trinajstić information content (AvgIpc) is 3.16. The number of amides is 3. The minimum atomic E-state index is -0.629. The number of benzene rings is 2. The molecule has 5 nitrogen and oxygen atoms in total. The number of aromatic nitrogens is 1. The minimum Gasteiger partial charge on any atom is -0.341 e. The van der Waals surface area contributed by atoms with Crippen molar-refractivity contribution in [3.8, 4) is 11.3 Å². The van der Waals surface area contributed by atoms with E-state index < -0.39 is 17.2 Å². The molecule has 0 saturated carbocycles. The van der Waals surface area contributed by atoms with E-state index in [-0.39, 0.29) is 5.82 Å². The second kappa shape index (κ2) is 8.79. The first-order valence-electron chi connectivity index (χ1n) is 8.02. The van der Waals surface area contributed by atoms with Gasteiger partial charge in [-0.1, -0.05) is 42.1 Å². The molecule has 3 rings (SSSR count). The molecule has 27 heavy (non-hydrogen) atoms. The highest BCUT2D eigenvalue weighted by Crippen LogP contribution is 2.38. The summed E-state index contributed by atoms with van der Waals surface area (Å²) in [4.78, 5) is 28.6. The van der Waals surface area contributed by atoms with E-state index in [0.717, 1.165) is 11.1 Å². The molecule has 0 bridgehead atoms. The van der Waals surface area contributed by atoms with E-state index >= 15 is 0 Å². The molecule has 1 heterocycles. The standard InChI is InChI=1S/C19H16FN3O2S2/c1-21-18(25)23-17(24)16(13-5-3-2-4-6-13)27-19-22-15(11-26-19)12-7-9-14(20)10-8-12/h2-11,16H,1H3,(H2,21,23,24,25)/t16-/m0/s1. The minimum absolute atomic E-state index is 0.307. The Bertz CT molecular complexity index is 930. The number of carbonyl (C=O) groups excluding carboxylic acids is 2. The Morgan fingerprint density at radius 3 is 2.48 bits per heavy atom. The summed E-state index contributed by atoms with van der Waals surface area (Å²) in [6.45, 7) is 0. The number of hydrogen-bond acceptors (Lipinski definition) is 5. The van der Waals surface area contributed by atoms with Crippen molar-refractivity contribution in [2.24, 2.45) is 0 Å². The molecule has 1 atom stereocenters. The van der Waals surface area contributed by atoms with E-state index in [1.807, 2.05) is 35.7 Å². The van der Waals surface area contributed by atoms with Crippen molar-refractivity contribution in [2.45, 2.75) is 9.59 Å². The third-order valence-electron chi connectivity index (χ3n) is 3.65. The van der Waals surface area contributed by atoms with Crippen LogP contribution in [0.2, 0.25) is 0 Å². The van der Waals surface area contributed by atoms with E-state index in [2.05, 4.69) is 15.6 Å². The smallest absolute Gasteiger partial charge is 0.321 e. The number of nitrogens with zero attached hydrogens (tertiary/aromatic N) is 1. The molecule has 138 valence electrons. The molecule has 8 heteroatoms. The Morgan fingerprint density at radius 2 is 1.81 bits per heavy atom. The fourth-order valence-corrected chi connectivity index (χ4v) is 4.33. The molecule has 3 aromatic rings. The first kappa shape index (κ1) is 19.1. The molecule has 0 saturated heterocycles. The number of halogens is 1. The lowest BCUT2D eigenvalue weighted by molar-refractivity contribution is -0.119. The monoisotopic (exact) mass is 401 g/mol. The number of imide groups is 1. The zero-order valence-electron chi connectivity index (χ0n) is 14.3. The van der Waals surface area contributed by atoms with Crippen LogP contribution < -0.4 is 10.6 Å². The molecule has 0 aliphatic rings. The highest BCUT2D eigenvalue weighted by Gasteiger charge is 2.25. The number of rotatable bonds is 5. The van der Waals surface area contributed by atoms with E-state index in [0.29, 0.717) is 10.0 Å². The summed E-state index contributed by atoms with van der Waals surface area (Å²) < 4.78 is 13.8. The molecule has 1 aromatic heterocycles. The van der Waals surface area contributed by atoms with Gasteiger partial charge in [-0.15, -0.1) is 11.3 Å². The molecular formula is C19H16FN3O2S2. The van der Waals surface area contributed by atoms with Crippen LogP contribution in [0.4, 0.5) is 9.18 Å². The Hall–Kier alpha value is -2.71. The second-order valence-electron chi connectivity index (χ2n) is 5.48. The van der Waals surface area contributed by atoms with E-state index in [1.165, 1.54) is 42.3 Å². The van der Waals surface area contributed by atoms with E-state index in [4.69, 9.17) is 0 Å². The molecule has 0 aliphatic heterocycles. The predicted octanol–water partition coefficient (Wildman–Crippen LogP) is 4.24. The van der Waals surface area contributed by atoms with E-state index in [1.54, 1.807) is 12.1 Å². The maximum atomic E-state index is 13.1. The Kier molecular flexibility index (Phi) is 6.20. The molecular weight excluding hydrogens is 385 g/mol. The van der Waals surface area contributed by atoms with Gasteiger partial charge in [0.05, 0.1) is 5.69 Å². The van der Waals surface area contributed by atoms with Gasteiger partial charge < -0.3 is 5.32 Å². The van der Waals surface area contributed by atoms with Gasteiger partial charge in [-0.2, -0.15) is 0 Å². The SMILES string of the molecule is CNC(=O)NC(=O)[C@@H](Sc1nc(-c2ccc(F)cc2)cs1)c1ccccc1. The van der Waals surface area contributed by atoms with Gasteiger partial charge in [0.2, 0.25) is 5.91 Å². The van der Waals surface area contributed by atoms with Gasteiger partial charge in [-0.05, 0) is 29.8 Å². The Labute approximate surface area is 164 Å². The van der Waals surface area contributed by atoms with Gasteiger partial charge in [0.15, 0.2) is 4.34 Å². The quantitative estimate of drug-likeness (QED) is 0.628. The molecule has 0 radical (unpaired) electrons. The largest absolute Gasteiger partial charge is 0.341 e. The van der Waals surface area contributed by atoms with Crippen molar-refractivity contribution in [3.63, 3.8) is 0 Å². The molecule has 0 fully saturated rings. The number of thiazole rings is 1. The normalized spacial score (nSPS) is 11.6. The number of nitrogens with one attached hydrogen (secondary N) is 2. The second-order valence-corrected chi connectivity index (χ2v) is 7.69. The van der Waals surface area contributed by atoms with Gasteiger partial charge in [-0.3, -0.25) is 10.1 Å². The first-order valence-corrected chi connectivity index (χ1v) is 9.78. The van der Waals surface area contributed by atoms with Gasteiger partial charge in [0.25, 0.3) is 0 Å². The highest BCUT2D eigenvalue weighted by atomic mass is 32.2. The first-order chi connectivity index (χ1) is 13.1. The molecule has 0 spiro atoms. The predicted molar refractivity (Wildman–Crippen MR) is 105 cm³/mol. The van der Waals surface area contributed by atoms with Crippen LogP contribution in [0.5, 0.6) is 0 Å². The fourth-order valence-electron chi connectivity index (χ4n) is 2.31. The number of thioether (sulfide) groups is 1. The molecule has 0 aliphatic carbocycles. The summed E-state index contributed by atoms with van der Waals surface area (Å²) in [6, 6.07) is 14.7. The Balaban J connectivity index is 1.83. The third kappa shape index (κ3) is 4.93. The highest BCUT2D eigenvalue weighted by molar-refractivity contribution is 8.01. The van der Waals surface area contributed by atoms with E-state index in [9.17, 15) is 14.0 Å². The maximum absolute atomic E-state index is 13.1. The molecule has 2 N–H and O–H groups in total. The van der Waals surface area contributed by atoms with Crippen LogP contribution in [0.15, 0.2) is 64.3 Å². The maximum Gasteiger partial charge on any atom is 0.321 e. The lowest BCUT2D eigenvalue weighted by atomic mass is 10.1. The van der Waals surface area contributed by atoms with Crippen LogP contribution in [0.3, 0.4) is 0 Å². The summed E-state index contributed by atoms with van der Waals surface area (Å²) in [7, 11) is 1.45. The van der Waals surface area contributed by atoms with Gasteiger partial charge in [-0.25, -0.2) is 14.2 Å². The summed E-state index contributed by atoms with van der Waals surface area (Å²) in [5, 5.41) is 5.92. The molecule has 3 amide bonds. The fraction of sp³-hybridized carbons (Fsp3) is 0.105. The van der Waals surface area contributed by atoms with Crippen molar-refractivity contribution in [3.05, 3.63) is 71.4 Å². The summed E-state index contributed by atoms with van der Waals surface area (Å²) in [5.74, 6) is -0.734. The summed E-state index contributed by atoms with van der Waals surface area (Å²) in [5.41, 5.74) is 2.27. The molecule has 0 unspecified atom stereocenters. The van der Waals surface area contributed by atoms with Crippen molar-refractivity contribution in [1.82, 2.24) is 15.6 Å².